The van der Waals surface area contributed by atoms with Crippen molar-refractivity contribution in [2.24, 2.45) is 0 Å². The lowest BCUT2D eigenvalue weighted by Gasteiger charge is -2.20. The zero-order valence-electron chi connectivity index (χ0n) is 17.8. The number of halogens is 7. The standard InChI is InChI=1S/C22H11BrF6O6S2/c23-14-7-8-16-13(11-14)6-10-18(35-37(32,33)22(27,28)29)20(16)19-15-4-2-1-3-12(15)5-9-17(19)34-36(30,31)21(24,25)26/h1-11H. The van der Waals surface area contributed by atoms with Gasteiger partial charge < -0.3 is 8.37 Å². The van der Waals surface area contributed by atoms with Crippen LogP contribution < -0.4 is 8.37 Å². The first-order chi connectivity index (χ1) is 17.0. The summed E-state index contributed by atoms with van der Waals surface area (Å²) in [6.07, 6.45) is 0. The van der Waals surface area contributed by atoms with E-state index in [1.165, 1.54) is 48.5 Å². The summed E-state index contributed by atoms with van der Waals surface area (Å²) in [5, 5.41) is 0.706. The highest BCUT2D eigenvalue weighted by atomic mass is 79.9. The lowest BCUT2D eigenvalue weighted by molar-refractivity contribution is -0.0505. The van der Waals surface area contributed by atoms with E-state index in [0.29, 0.717) is 15.2 Å². The molecule has 0 unspecified atom stereocenters. The molecule has 6 nitrogen and oxygen atoms in total. The van der Waals surface area contributed by atoms with E-state index in [1.54, 1.807) is 6.07 Å². The van der Waals surface area contributed by atoms with Crippen LogP contribution in [0.1, 0.15) is 0 Å². The molecule has 4 rings (SSSR count). The molecule has 0 aromatic heterocycles. The molecule has 0 amide bonds. The van der Waals surface area contributed by atoms with E-state index in [4.69, 9.17) is 0 Å². The first-order valence-corrected chi connectivity index (χ1v) is 13.4. The van der Waals surface area contributed by atoms with Gasteiger partial charge in [0.15, 0.2) is 11.5 Å². The predicted octanol–water partition coefficient (Wildman–Crippen LogP) is 6.88. The molecule has 4 aromatic carbocycles. The van der Waals surface area contributed by atoms with Crippen molar-refractivity contribution in [1.82, 2.24) is 0 Å². The van der Waals surface area contributed by atoms with Gasteiger partial charge in [-0.2, -0.15) is 43.2 Å². The second kappa shape index (κ2) is 9.06. The molecule has 0 atom stereocenters. The van der Waals surface area contributed by atoms with Gasteiger partial charge in [0.05, 0.1) is 0 Å². The molecule has 0 aliphatic rings. The highest BCUT2D eigenvalue weighted by Crippen LogP contribution is 2.47. The van der Waals surface area contributed by atoms with Crippen molar-refractivity contribution in [2.75, 3.05) is 0 Å². The van der Waals surface area contributed by atoms with Crippen LogP contribution in [-0.2, 0) is 20.2 Å². The molecule has 0 aliphatic carbocycles. The topological polar surface area (TPSA) is 86.7 Å². The lowest BCUT2D eigenvalue weighted by atomic mass is 9.92. The largest absolute Gasteiger partial charge is 0.534 e. The Morgan fingerprint density at radius 1 is 0.595 bits per heavy atom. The summed E-state index contributed by atoms with van der Waals surface area (Å²) in [6.45, 7) is 0. The second-order valence-corrected chi connectivity index (χ2v) is 11.4. The van der Waals surface area contributed by atoms with Crippen LogP contribution >= 0.6 is 15.9 Å². The Balaban J connectivity index is 2.15. The van der Waals surface area contributed by atoms with Gasteiger partial charge in [-0.05, 0) is 45.8 Å². The van der Waals surface area contributed by atoms with Crippen molar-refractivity contribution in [1.29, 1.82) is 0 Å². The Kier molecular flexibility index (Phi) is 6.61. The fraction of sp³-hybridized carbons (Fsp3) is 0.0909. The van der Waals surface area contributed by atoms with Gasteiger partial charge in [-0.25, -0.2) is 0 Å². The van der Waals surface area contributed by atoms with Crippen molar-refractivity contribution in [3.63, 3.8) is 0 Å². The summed E-state index contributed by atoms with van der Waals surface area (Å²) >= 11 is 3.22. The van der Waals surface area contributed by atoms with Crippen LogP contribution in [0.5, 0.6) is 11.5 Å². The summed E-state index contributed by atoms with van der Waals surface area (Å²) in [6, 6.07) is 14.3. The molecule has 15 heteroatoms. The van der Waals surface area contributed by atoms with Crippen LogP contribution in [0.15, 0.2) is 71.2 Å². The van der Waals surface area contributed by atoms with Gasteiger partial charge in [0.1, 0.15) is 0 Å². The molecular weight excluding hydrogens is 618 g/mol. The zero-order chi connectivity index (χ0) is 27.4. The predicted molar refractivity (Wildman–Crippen MR) is 126 cm³/mol. The van der Waals surface area contributed by atoms with Crippen molar-refractivity contribution in [3.05, 3.63) is 71.2 Å². The molecule has 0 bridgehead atoms. The normalized spacial score (nSPS) is 13.2. The minimum absolute atomic E-state index is 0.0312. The Bertz CT molecular complexity index is 1750. The molecule has 0 spiro atoms. The van der Waals surface area contributed by atoms with Crippen LogP contribution in [0.3, 0.4) is 0 Å². The van der Waals surface area contributed by atoms with E-state index in [1.807, 2.05) is 0 Å². The molecule has 0 aliphatic heterocycles. The Morgan fingerprint density at radius 2 is 1.05 bits per heavy atom. The van der Waals surface area contributed by atoms with Gasteiger partial charge in [0.25, 0.3) is 0 Å². The van der Waals surface area contributed by atoms with Crippen molar-refractivity contribution in [2.45, 2.75) is 11.0 Å². The smallest absolute Gasteiger partial charge is 0.375 e. The summed E-state index contributed by atoms with van der Waals surface area (Å²) in [5.74, 6) is -1.83. The third kappa shape index (κ3) is 5.07. The maximum Gasteiger partial charge on any atom is 0.534 e. The maximum absolute atomic E-state index is 13.2. The average molecular weight is 629 g/mol. The van der Waals surface area contributed by atoms with E-state index >= 15 is 0 Å². The van der Waals surface area contributed by atoms with Crippen LogP contribution in [0.25, 0.3) is 32.7 Å². The van der Waals surface area contributed by atoms with Gasteiger partial charge in [0.2, 0.25) is 0 Å². The van der Waals surface area contributed by atoms with Crippen LogP contribution in [0.4, 0.5) is 26.3 Å². The number of alkyl halides is 6. The number of fused-ring (bicyclic) bond motifs is 2. The number of rotatable bonds is 5. The van der Waals surface area contributed by atoms with E-state index in [-0.39, 0.29) is 10.8 Å². The first kappa shape index (κ1) is 27.0. The van der Waals surface area contributed by atoms with Crippen LogP contribution in [0.2, 0.25) is 0 Å². The third-order valence-corrected chi connectivity index (χ3v) is 7.48. The van der Waals surface area contributed by atoms with Gasteiger partial charge in [-0.15, -0.1) is 0 Å². The fourth-order valence-electron chi connectivity index (χ4n) is 3.52. The van der Waals surface area contributed by atoms with E-state index in [9.17, 15) is 43.2 Å². The van der Waals surface area contributed by atoms with Gasteiger partial charge in [0, 0.05) is 15.6 Å². The fourth-order valence-corrected chi connectivity index (χ4v) is 4.84. The molecule has 196 valence electrons. The van der Waals surface area contributed by atoms with Gasteiger partial charge in [-0.3, -0.25) is 0 Å². The summed E-state index contributed by atoms with van der Waals surface area (Å²) in [7, 11) is -12.5. The molecule has 0 saturated heterocycles. The molecule has 0 heterocycles. The summed E-state index contributed by atoms with van der Waals surface area (Å²) in [5.41, 5.74) is -12.6. The second-order valence-electron chi connectivity index (χ2n) is 7.43. The van der Waals surface area contributed by atoms with E-state index < -0.39 is 53.9 Å². The zero-order valence-corrected chi connectivity index (χ0v) is 21.0. The number of benzene rings is 4. The Labute approximate surface area is 213 Å². The van der Waals surface area contributed by atoms with Crippen LogP contribution in [-0.4, -0.2) is 27.9 Å². The number of hydrogen-bond acceptors (Lipinski definition) is 6. The molecule has 0 fully saturated rings. The van der Waals surface area contributed by atoms with E-state index in [0.717, 1.165) is 12.1 Å². The quantitative estimate of drug-likeness (QED) is 0.136. The van der Waals surface area contributed by atoms with Crippen molar-refractivity contribution in [3.8, 4) is 22.6 Å². The minimum Gasteiger partial charge on any atom is -0.375 e. The highest BCUT2D eigenvalue weighted by Gasteiger charge is 2.50. The Hall–Kier alpha value is -3.04. The molecule has 0 saturated carbocycles. The summed E-state index contributed by atoms with van der Waals surface area (Å²) in [4.78, 5) is 0. The van der Waals surface area contributed by atoms with Crippen molar-refractivity contribution >= 4 is 57.7 Å². The highest BCUT2D eigenvalue weighted by molar-refractivity contribution is 9.10. The maximum atomic E-state index is 13.2. The molecular formula is C22H11BrF6O6S2. The molecule has 37 heavy (non-hydrogen) atoms. The molecule has 0 N–H and O–H groups in total. The SMILES string of the molecule is O=S(=O)(Oc1ccc2ccccc2c1-c1c(OS(=O)(=O)C(F)(F)F)ccc2cc(Br)ccc12)C(F)(F)F. The van der Waals surface area contributed by atoms with Crippen LogP contribution in [0, 0.1) is 0 Å². The monoisotopic (exact) mass is 628 g/mol. The minimum atomic E-state index is -6.23. The lowest BCUT2D eigenvalue weighted by Crippen LogP contribution is -2.28. The summed E-state index contributed by atoms with van der Waals surface area (Å²) < 4.78 is 136. The van der Waals surface area contributed by atoms with Crippen molar-refractivity contribution < 1.29 is 51.5 Å². The molecule has 0 radical (unpaired) electrons. The van der Waals surface area contributed by atoms with E-state index in [2.05, 4.69) is 24.3 Å². The number of hydrogen-bond donors (Lipinski definition) is 0. The third-order valence-electron chi connectivity index (χ3n) is 5.05. The molecule has 4 aromatic rings. The Morgan fingerprint density at radius 3 is 1.57 bits per heavy atom. The van der Waals surface area contributed by atoms with Gasteiger partial charge in [-0.1, -0.05) is 58.4 Å². The first-order valence-electron chi connectivity index (χ1n) is 9.78. The van der Waals surface area contributed by atoms with Gasteiger partial charge >= 0.3 is 31.3 Å². The average Bonchev–Trinajstić information content (AvgIpc) is 2.77.